The van der Waals surface area contributed by atoms with Gasteiger partial charge in [-0.25, -0.2) is 4.79 Å². The molecule has 0 radical (unpaired) electrons. The van der Waals surface area contributed by atoms with E-state index in [-0.39, 0.29) is 18.1 Å². The molecule has 0 fully saturated rings. The van der Waals surface area contributed by atoms with Crippen LogP contribution in [0.25, 0.3) is 0 Å². The minimum absolute atomic E-state index is 0.0371. The number of aromatic nitrogens is 1. The highest BCUT2D eigenvalue weighted by molar-refractivity contribution is 5.74. The Kier molecular flexibility index (Phi) is 6.48. The summed E-state index contributed by atoms with van der Waals surface area (Å²) in [5, 5.41) is 10.2. The monoisotopic (exact) mass is 377 g/mol. The summed E-state index contributed by atoms with van der Waals surface area (Å²) in [4.78, 5) is 12.7. The van der Waals surface area contributed by atoms with E-state index in [1.54, 1.807) is 0 Å². The van der Waals surface area contributed by atoms with E-state index in [4.69, 9.17) is 4.52 Å². The van der Waals surface area contributed by atoms with Crippen LogP contribution in [0.1, 0.15) is 41.1 Å². The molecule has 0 spiro atoms. The summed E-state index contributed by atoms with van der Waals surface area (Å²) >= 11 is 0. The third-order valence-electron chi connectivity index (χ3n) is 4.86. The highest BCUT2D eigenvalue weighted by atomic mass is 16.5. The molecule has 1 heterocycles. The molecule has 2 aromatic carbocycles. The Bertz CT molecular complexity index is 871. The first-order valence-corrected chi connectivity index (χ1v) is 9.60. The molecule has 0 bridgehead atoms. The number of amides is 2. The van der Waals surface area contributed by atoms with Crippen molar-refractivity contribution < 1.29 is 9.32 Å². The molecule has 0 aliphatic heterocycles. The van der Waals surface area contributed by atoms with Crippen molar-refractivity contribution in [1.29, 1.82) is 0 Å². The van der Waals surface area contributed by atoms with Gasteiger partial charge in [0, 0.05) is 11.6 Å². The largest absolute Gasteiger partial charge is 0.361 e. The highest BCUT2D eigenvalue weighted by Crippen LogP contribution is 2.19. The Morgan fingerprint density at radius 1 is 0.964 bits per heavy atom. The van der Waals surface area contributed by atoms with Gasteiger partial charge in [-0.3, -0.25) is 0 Å². The summed E-state index contributed by atoms with van der Waals surface area (Å²) < 4.78 is 5.21. The molecule has 0 aliphatic rings. The number of nitrogens with zero attached hydrogens (tertiary/aromatic N) is 1. The first kappa shape index (κ1) is 19.7. The van der Waals surface area contributed by atoms with E-state index in [0.29, 0.717) is 6.42 Å². The second kappa shape index (κ2) is 9.22. The molecule has 0 aliphatic carbocycles. The summed E-state index contributed by atoms with van der Waals surface area (Å²) in [6, 6.07) is 19.9. The molecule has 0 unspecified atom stereocenters. The summed E-state index contributed by atoms with van der Waals surface area (Å²) in [6.07, 6.45) is 1.42. The zero-order valence-electron chi connectivity index (χ0n) is 16.6. The van der Waals surface area contributed by atoms with Crippen LogP contribution >= 0.6 is 0 Å². The quantitative estimate of drug-likeness (QED) is 0.637. The van der Waals surface area contributed by atoms with Crippen molar-refractivity contribution in [3.8, 4) is 0 Å². The van der Waals surface area contributed by atoms with Crippen LogP contribution in [0.15, 0.2) is 65.2 Å². The van der Waals surface area contributed by atoms with Gasteiger partial charge in [0.25, 0.3) is 0 Å². The predicted octanol–water partition coefficient (Wildman–Crippen LogP) is 4.51. The molecule has 3 aromatic rings. The van der Waals surface area contributed by atoms with Crippen LogP contribution in [0.5, 0.6) is 0 Å². The lowest BCUT2D eigenvalue weighted by molar-refractivity contribution is 0.233. The zero-order chi connectivity index (χ0) is 19.9. The van der Waals surface area contributed by atoms with Gasteiger partial charge in [-0.2, -0.15) is 0 Å². The van der Waals surface area contributed by atoms with E-state index in [2.05, 4.69) is 27.9 Å². The lowest BCUT2D eigenvalue weighted by Gasteiger charge is -2.22. The minimum Gasteiger partial charge on any atom is -0.361 e. The molecule has 5 heteroatoms. The highest BCUT2D eigenvalue weighted by Gasteiger charge is 2.18. The van der Waals surface area contributed by atoms with Crippen molar-refractivity contribution in [3.05, 3.63) is 88.8 Å². The van der Waals surface area contributed by atoms with E-state index in [1.165, 1.54) is 5.56 Å². The SMILES string of the molecule is Cc1noc(C)c1C[C@@H](C)NC(=O)N[C@H](Cc1ccccc1)c1ccccc1. The van der Waals surface area contributed by atoms with Crippen molar-refractivity contribution in [3.63, 3.8) is 0 Å². The van der Waals surface area contributed by atoms with Gasteiger partial charge in [0.05, 0.1) is 11.7 Å². The molecular weight excluding hydrogens is 350 g/mol. The molecule has 1 aromatic heterocycles. The van der Waals surface area contributed by atoms with Crippen LogP contribution in [-0.4, -0.2) is 17.2 Å². The third kappa shape index (κ3) is 5.22. The number of hydrogen-bond donors (Lipinski definition) is 2. The zero-order valence-corrected chi connectivity index (χ0v) is 16.6. The molecule has 146 valence electrons. The smallest absolute Gasteiger partial charge is 0.315 e. The predicted molar refractivity (Wildman–Crippen MR) is 110 cm³/mol. The van der Waals surface area contributed by atoms with Crippen molar-refractivity contribution >= 4 is 6.03 Å². The van der Waals surface area contributed by atoms with Gasteiger partial charge in [0.15, 0.2) is 0 Å². The van der Waals surface area contributed by atoms with E-state index in [9.17, 15) is 4.79 Å². The standard InChI is InChI=1S/C23H27N3O2/c1-16(14-21-17(2)26-28-18(21)3)24-23(27)25-22(20-12-8-5-9-13-20)15-19-10-6-4-7-11-19/h4-13,16,22H,14-15H2,1-3H3,(H2,24,25,27)/t16-,22-/m1/s1. The van der Waals surface area contributed by atoms with Gasteiger partial charge in [-0.05, 0) is 44.7 Å². The summed E-state index contributed by atoms with van der Waals surface area (Å²) in [7, 11) is 0. The number of nitrogens with one attached hydrogen (secondary N) is 2. The van der Waals surface area contributed by atoms with E-state index >= 15 is 0 Å². The lowest BCUT2D eigenvalue weighted by Crippen LogP contribution is -2.43. The first-order valence-electron chi connectivity index (χ1n) is 9.60. The fourth-order valence-corrected chi connectivity index (χ4v) is 3.36. The topological polar surface area (TPSA) is 67.2 Å². The Morgan fingerprint density at radius 3 is 2.21 bits per heavy atom. The normalized spacial score (nSPS) is 13.0. The Labute approximate surface area is 166 Å². The number of carbonyl (C=O) groups excluding carboxylic acids is 1. The van der Waals surface area contributed by atoms with Crippen molar-refractivity contribution in [2.45, 2.75) is 45.7 Å². The Hall–Kier alpha value is -3.08. The summed E-state index contributed by atoms with van der Waals surface area (Å²) in [6.45, 7) is 5.80. The van der Waals surface area contributed by atoms with Gasteiger partial charge in [0.1, 0.15) is 5.76 Å². The molecule has 0 saturated heterocycles. The van der Waals surface area contributed by atoms with Crippen LogP contribution in [0.3, 0.4) is 0 Å². The molecule has 2 N–H and O–H groups in total. The van der Waals surface area contributed by atoms with E-state index in [0.717, 1.165) is 29.0 Å². The van der Waals surface area contributed by atoms with Crippen LogP contribution in [0.2, 0.25) is 0 Å². The fraction of sp³-hybridized carbons (Fsp3) is 0.304. The first-order chi connectivity index (χ1) is 13.5. The Morgan fingerprint density at radius 2 is 1.61 bits per heavy atom. The van der Waals surface area contributed by atoms with Gasteiger partial charge < -0.3 is 15.2 Å². The second-order valence-corrected chi connectivity index (χ2v) is 7.18. The third-order valence-corrected chi connectivity index (χ3v) is 4.86. The number of hydrogen-bond acceptors (Lipinski definition) is 3. The fourth-order valence-electron chi connectivity index (χ4n) is 3.36. The average Bonchev–Trinajstić information content (AvgIpc) is 3.01. The van der Waals surface area contributed by atoms with Crippen LogP contribution in [0.4, 0.5) is 4.79 Å². The van der Waals surface area contributed by atoms with Crippen molar-refractivity contribution in [1.82, 2.24) is 15.8 Å². The number of benzene rings is 2. The van der Waals surface area contributed by atoms with Crippen LogP contribution in [0, 0.1) is 13.8 Å². The van der Waals surface area contributed by atoms with Gasteiger partial charge in [-0.15, -0.1) is 0 Å². The van der Waals surface area contributed by atoms with Crippen molar-refractivity contribution in [2.24, 2.45) is 0 Å². The number of rotatable bonds is 7. The lowest BCUT2D eigenvalue weighted by atomic mass is 9.99. The maximum Gasteiger partial charge on any atom is 0.315 e. The molecule has 3 rings (SSSR count). The van der Waals surface area contributed by atoms with Gasteiger partial charge in [-0.1, -0.05) is 65.8 Å². The summed E-state index contributed by atoms with van der Waals surface area (Å²) in [5.41, 5.74) is 4.19. The molecule has 2 atom stereocenters. The number of carbonyl (C=O) groups is 1. The second-order valence-electron chi connectivity index (χ2n) is 7.18. The van der Waals surface area contributed by atoms with Crippen LogP contribution < -0.4 is 10.6 Å². The maximum absolute atomic E-state index is 12.7. The number of aryl methyl sites for hydroxylation is 2. The van der Waals surface area contributed by atoms with Crippen LogP contribution in [-0.2, 0) is 12.8 Å². The van der Waals surface area contributed by atoms with E-state index < -0.39 is 0 Å². The van der Waals surface area contributed by atoms with Crippen molar-refractivity contribution in [2.75, 3.05) is 0 Å². The average molecular weight is 377 g/mol. The molecular formula is C23H27N3O2. The maximum atomic E-state index is 12.7. The summed E-state index contributed by atoms with van der Waals surface area (Å²) in [5.74, 6) is 0.804. The minimum atomic E-state index is -0.177. The molecule has 28 heavy (non-hydrogen) atoms. The number of urea groups is 1. The Balaban J connectivity index is 1.65. The van der Waals surface area contributed by atoms with Gasteiger partial charge >= 0.3 is 6.03 Å². The molecule has 2 amide bonds. The molecule has 0 saturated carbocycles. The van der Waals surface area contributed by atoms with Gasteiger partial charge in [0.2, 0.25) is 0 Å². The molecule has 5 nitrogen and oxygen atoms in total. The van der Waals surface area contributed by atoms with E-state index in [1.807, 2.05) is 69.3 Å².